The number of aromatic nitrogens is 1. The summed E-state index contributed by atoms with van der Waals surface area (Å²) in [7, 11) is 1.81. The van der Waals surface area contributed by atoms with Crippen LogP contribution < -0.4 is 4.90 Å². The number of hydrogen-bond donors (Lipinski definition) is 0. The largest absolute Gasteiger partial charge is 0.351 e. The summed E-state index contributed by atoms with van der Waals surface area (Å²) in [4.78, 5) is 19.6. The van der Waals surface area contributed by atoms with Crippen LogP contribution in [0.15, 0.2) is 48.7 Å². The van der Waals surface area contributed by atoms with Crippen molar-refractivity contribution in [3.8, 4) is 0 Å². The number of pyridine rings is 1. The summed E-state index contributed by atoms with van der Waals surface area (Å²) >= 11 is 5.93. The van der Waals surface area contributed by atoms with Crippen molar-refractivity contribution in [1.29, 1.82) is 0 Å². The zero-order valence-electron chi connectivity index (χ0n) is 12.9. The third-order valence-corrected chi connectivity index (χ3v) is 3.75. The molecule has 0 saturated heterocycles. The van der Waals surface area contributed by atoms with Gasteiger partial charge in [0.25, 0.3) is 0 Å². The van der Waals surface area contributed by atoms with Gasteiger partial charge in [-0.2, -0.15) is 0 Å². The second-order valence-corrected chi connectivity index (χ2v) is 5.61. The highest BCUT2D eigenvalue weighted by Gasteiger charge is 2.11. The first-order chi connectivity index (χ1) is 10.6. The van der Waals surface area contributed by atoms with Crippen LogP contribution in [0.4, 0.5) is 5.82 Å². The van der Waals surface area contributed by atoms with Gasteiger partial charge in [-0.3, -0.25) is 4.79 Å². The lowest BCUT2D eigenvalue weighted by atomic mass is 10.2. The maximum atomic E-state index is 11.4. The molecule has 116 valence electrons. The Morgan fingerprint density at radius 3 is 2.45 bits per heavy atom. The molecule has 0 aliphatic rings. The van der Waals surface area contributed by atoms with Gasteiger partial charge in [0, 0.05) is 44.8 Å². The Kier molecular flexibility index (Phi) is 5.78. The molecule has 1 heterocycles. The van der Waals surface area contributed by atoms with Crippen LogP contribution in [0.3, 0.4) is 0 Å². The maximum absolute atomic E-state index is 11.4. The molecule has 0 atom stereocenters. The molecule has 1 aromatic heterocycles. The van der Waals surface area contributed by atoms with Gasteiger partial charge in [-0.1, -0.05) is 29.8 Å². The molecule has 5 heteroatoms. The maximum Gasteiger partial charge on any atom is 0.219 e. The number of rotatable bonds is 6. The van der Waals surface area contributed by atoms with E-state index in [2.05, 4.69) is 9.88 Å². The number of halogens is 1. The lowest BCUT2D eigenvalue weighted by Crippen LogP contribution is -2.35. The van der Waals surface area contributed by atoms with E-state index < -0.39 is 0 Å². The number of benzene rings is 1. The van der Waals surface area contributed by atoms with Gasteiger partial charge in [0.2, 0.25) is 5.91 Å². The topological polar surface area (TPSA) is 36.4 Å². The van der Waals surface area contributed by atoms with Crippen molar-refractivity contribution < 1.29 is 4.79 Å². The van der Waals surface area contributed by atoms with E-state index in [1.807, 2.05) is 42.5 Å². The van der Waals surface area contributed by atoms with Crippen molar-refractivity contribution in [1.82, 2.24) is 9.88 Å². The first-order valence-electron chi connectivity index (χ1n) is 7.18. The quantitative estimate of drug-likeness (QED) is 0.821. The van der Waals surface area contributed by atoms with E-state index in [1.54, 1.807) is 25.1 Å². The first-order valence-corrected chi connectivity index (χ1v) is 7.56. The van der Waals surface area contributed by atoms with Crippen molar-refractivity contribution >= 4 is 23.3 Å². The molecule has 1 aromatic carbocycles. The molecule has 0 bridgehead atoms. The second kappa shape index (κ2) is 7.80. The van der Waals surface area contributed by atoms with Crippen LogP contribution in [0.2, 0.25) is 5.02 Å². The Morgan fingerprint density at radius 1 is 1.14 bits per heavy atom. The van der Waals surface area contributed by atoms with E-state index in [-0.39, 0.29) is 5.91 Å². The van der Waals surface area contributed by atoms with Gasteiger partial charge in [-0.15, -0.1) is 0 Å². The molecule has 0 saturated carbocycles. The monoisotopic (exact) mass is 317 g/mol. The number of likely N-dealkylation sites (N-methyl/N-ethyl adjacent to an activating group) is 1. The van der Waals surface area contributed by atoms with Gasteiger partial charge >= 0.3 is 0 Å². The van der Waals surface area contributed by atoms with Crippen molar-refractivity contribution in [2.45, 2.75) is 13.5 Å². The minimum atomic E-state index is 0.0625. The van der Waals surface area contributed by atoms with Gasteiger partial charge in [0.1, 0.15) is 5.82 Å². The highest BCUT2D eigenvalue weighted by atomic mass is 35.5. The van der Waals surface area contributed by atoms with Crippen LogP contribution in [0.5, 0.6) is 0 Å². The average molecular weight is 318 g/mol. The molecule has 2 aromatic rings. The fourth-order valence-electron chi connectivity index (χ4n) is 2.05. The SMILES string of the molecule is CC(=O)N(C)CCN(Cc1ccc(Cl)cc1)c1ccccn1. The first kappa shape index (κ1) is 16.3. The minimum Gasteiger partial charge on any atom is -0.351 e. The van der Waals surface area contributed by atoms with Crippen molar-refractivity contribution in [3.05, 3.63) is 59.2 Å². The lowest BCUT2D eigenvalue weighted by molar-refractivity contribution is -0.127. The van der Waals surface area contributed by atoms with Gasteiger partial charge in [0.15, 0.2) is 0 Å². The number of carbonyl (C=O) groups is 1. The summed E-state index contributed by atoms with van der Waals surface area (Å²) < 4.78 is 0. The molecule has 0 unspecified atom stereocenters. The predicted octanol–water partition coefficient (Wildman–Crippen LogP) is 3.22. The fourth-order valence-corrected chi connectivity index (χ4v) is 2.18. The number of carbonyl (C=O) groups excluding carboxylic acids is 1. The summed E-state index contributed by atoms with van der Waals surface area (Å²) in [5.74, 6) is 0.960. The number of amides is 1. The van der Waals surface area contributed by atoms with E-state index in [0.29, 0.717) is 6.54 Å². The van der Waals surface area contributed by atoms with Crippen molar-refractivity contribution in [3.63, 3.8) is 0 Å². The molecule has 0 radical (unpaired) electrons. The Bertz CT molecular complexity index is 601. The van der Waals surface area contributed by atoms with E-state index in [1.165, 1.54) is 0 Å². The van der Waals surface area contributed by atoms with Gasteiger partial charge < -0.3 is 9.80 Å². The highest BCUT2D eigenvalue weighted by Crippen LogP contribution is 2.16. The fraction of sp³-hybridized carbons (Fsp3) is 0.294. The molecule has 2 rings (SSSR count). The Hall–Kier alpha value is -2.07. The molecule has 0 N–H and O–H groups in total. The summed E-state index contributed by atoms with van der Waals surface area (Å²) in [6.45, 7) is 3.67. The normalized spacial score (nSPS) is 10.3. The number of hydrogen-bond acceptors (Lipinski definition) is 3. The zero-order chi connectivity index (χ0) is 15.9. The highest BCUT2D eigenvalue weighted by molar-refractivity contribution is 6.30. The smallest absolute Gasteiger partial charge is 0.219 e. The van der Waals surface area contributed by atoms with E-state index in [9.17, 15) is 4.79 Å². The van der Waals surface area contributed by atoms with Crippen LogP contribution in [0, 0.1) is 0 Å². The van der Waals surface area contributed by atoms with Gasteiger partial charge in [-0.25, -0.2) is 4.98 Å². The van der Waals surface area contributed by atoms with Gasteiger partial charge in [-0.05, 0) is 29.8 Å². The molecule has 22 heavy (non-hydrogen) atoms. The molecule has 0 aliphatic carbocycles. The van der Waals surface area contributed by atoms with Crippen molar-refractivity contribution in [2.24, 2.45) is 0 Å². The van der Waals surface area contributed by atoms with E-state index >= 15 is 0 Å². The van der Waals surface area contributed by atoms with Crippen LogP contribution >= 0.6 is 11.6 Å². The standard InChI is InChI=1S/C17H20ClN3O/c1-14(22)20(2)11-12-21(17-5-3-4-10-19-17)13-15-6-8-16(18)9-7-15/h3-10H,11-13H2,1-2H3. The van der Waals surface area contributed by atoms with E-state index in [4.69, 9.17) is 11.6 Å². The van der Waals surface area contributed by atoms with Crippen LogP contribution in [0.1, 0.15) is 12.5 Å². The molecule has 0 aliphatic heterocycles. The van der Waals surface area contributed by atoms with Crippen molar-refractivity contribution in [2.75, 3.05) is 25.0 Å². The lowest BCUT2D eigenvalue weighted by Gasteiger charge is -2.26. The van der Waals surface area contributed by atoms with Crippen LogP contribution in [-0.4, -0.2) is 35.9 Å². The Morgan fingerprint density at radius 2 is 1.86 bits per heavy atom. The zero-order valence-corrected chi connectivity index (χ0v) is 13.6. The number of nitrogens with zero attached hydrogens (tertiary/aromatic N) is 3. The number of anilines is 1. The van der Waals surface area contributed by atoms with Gasteiger partial charge in [0.05, 0.1) is 0 Å². The molecule has 4 nitrogen and oxygen atoms in total. The van der Waals surface area contributed by atoms with Crippen LogP contribution in [-0.2, 0) is 11.3 Å². The molecular weight excluding hydrogens is 298 g/mol. The second-order valence-electron chi connectivity index (χ2n) is 5.18. The van der Waals surface area contributed by atoms with Crippen LogP contribution in [0.25, 0.3) is 0 Å². The predicted molar refractivity (Wildman–Crippen MR) is 90.1 cm³/mol. The average Bonchev–Trinajstić information content (AvgIpc) is 2.53. The minimum absolute atomic E-state index is 0.0625. The third-order valence-electron chi connectivity index (χ3n) is 3.50. The molecule has 0 spiro atoms. The summed E-state index contributed by atoms with van der Waals surface area (Å²) in [6.07, 6.45) is 1.78. The summed E-state index contributed by atoms with van der Waals surface area (Å²) in [5, 5.41) is 0.726. The molecular formula is C17H20ClN3O. The summed E-state index contributed by atoms with van der Waals surface area (Å²) in [6, 6.07) is 13.6. The van der Waals surface area contributed by atoms with E-state index in [0.717, 1.165) is 29.5 Å². The third kappa shape index (κ3) is 4.74. The molecule has 1 amide bonds. The summed E-state index contributed by atoms with van der Waals surface area (Å²) in [5.41, 5.74) is 1.15. The Balaban J connectivity index is 2.11. The molecule has 0 fully saturated rings. The Labute approximate surface area is 136 Å².